The van der Waals surface area contributed by atoms with E-state index < -0.39 is 5.97 Å². The molecule has 4 heteroatoms. The zero-order chi connectivity index (χ0) is 10.8. The van der Waals surface area contributed by atoms with Gasteiger partial charge >= 0.3 is 5.97 Å². The molecule has 1 saturated carbocycles. The van der Waals surface area contributed by atoms with Gasteiger partial charge in [-0.1, -0.05) is 0 Å². The standard InChI is InChI=1S/C11H15NO2S/c1-8-2-5-10(15-8)6-12(7-11(13)14)9-3-4-9/h2,5,9H,3-4,6-7H2,1H3,(H,13,14). The van der Waals surface area contributed by atoms with E-state index in [-0.39, 0.29) is 6.54 Å². The van der Waals surface area contributed by atoms with Crippen molar-refractivity contribution in [3.63, 3.8) is 0 Å². The van der Waals surface area contributed by atoms with Crippen molar-refractivity contribution in [1.82, 2.24) is 4.90 Å². The molecule has 0 unspecified atom stereocenters. The third kappa shape index (κ3) is 3.04. The minimum Gasteiger partial charge on any atom is -0.480 e. The lowest BCUT2D eigenvalue weighted by Crippen LogP contribution is -2.30. The monoisotopic (exact) mass is 225 g/mol. The van der Waals surface area contributed by atoms with Crippen LogP contribution in [0.4, 0.5) is 0 Å². The molecule has 0 atom stereocenters. The van der Waals surface area contributed by atoms with Crippen molar-refractivity contribution in [2.75, 3.05) is 6.54 Å². The summed E-state index contributed by atoms with van der Waals surface area (Å²) in [5.41, 5.74) is 0. The maximum Gasteiger partial charge on any atom is 0.317 e. The summed E-state index contributed by atoms with van der Waals surface area (Å²) >= 11 is 1.75. The second kappa shape index (κ2) is 4.33. The summed E-state index contributed by atoms with van der Waals surface area (Å²) in [6, 6.07) is 4.69. The molecule has 1 aromatic rings. The number of nitrogens with zero attached hydrogens (tertiary/aromatic N) is 1. The number of thiophene rings is 1. The van der Waals surface area contributed by atoms with Crippen molar-refractivity contribution in [2.45, 2.75) is 32.4 Å². The van der Waals surface area contributed by atoms with Gasteiger partial charge in [0.1, 0.15) is 0 Å². The molecule has 1 aromatic heterocycles. The van der Waals surface area contributed by atoms with Gasteiger partial charge in [0.25, 0.3) is 0 Å². The molecule has 0 spiro atoms. The first-order chi connectivity index (χ1) is 7.15. The lowest BCUT2D eigenvalue weighted by molar-refractivity contribution is -0.138. The van der Waals surface area contributed by atoms with Crippen LogP contribution in [0.1, 0.15) is 22.6 Å². The van der Waals surface area contributed by atoms with Crippen LogP contribution in [0.25, 0.3) is 0 Å². The summed E-state index contributed by atoms with van der Waals surface area (Å²) in [7, 11) is 0. The van der Waals surface area contributed by atoms with Crippen molar-refractivity contribution in [3.8, 4) is 0 Å². The molecular formula is C11H15NO2S. The van der Waals surface area contributed by atoms with E-state index in [1.165, 1.54) is 9.75 Å². The Labute approximate surface area is 93.3 Å². The number of aryl methyl sites for hydroxylation is 1. The Bertz CT molecular complexity index is 357. The van der Waals surface area contributed by atoms with E-state index in [1.807, 2.05) is 0 Å². The van der Waals surface area contributed by atoms with Gasteiger partial charge in [-0.2, -0.15) is 0 Å². The van der Waals surface area contributed by atoms with E-state index in [0.717, 1.165) is 19.4 Å². The third-order valence-corrected chi connectivity index (χ3v) is 3.54. The van der Waals surface area contributed by atoms with Gasteiger partial charge in [0.05, 0.1) is 6.54 Å². The molecule has 1 aliphatic carbocycles. The average molecular weight is 225 g/mol. The number of hydrogen-bond donors (Lipinski definition) is 1. The first-order valence-electron chi connectivity index (χ1n) is 5.16. The molecule has 3 nitrogen and oxygen atoms in total. The number of carbonyl (C=O) groups is 1. The van der Waals surface area contributed by atoms with E-state index in [2.05, 4.69) is 24.0 Å². The largest absolute Gasteiger partial charge is 0.480 e. The highest BCUT2D eigenvalue weighted by molar-refractivity contribution is 7.11. The number of carboxylic acid groups (broad SMARTS) is 1. The molecule has 15 heavy (non-hydrogen) atoms. The Kier molecular flexibility index (Phi) is 3.07. The lowest BCUT2D eigenvalue weighted by atomic mass is 10.3. The topological polar surface area (TPSA) is 40.5 Å². The number of carboxylic acids is 1. The summed E-state index contributed by atoms with van der Waals surface area (Å²) in [6.07, 6.45) is 2.30. The molecule has 2 rings (SSSR count). The minimum atomic E-state index is -0.727. The molecule has 1 aliphatic rings. The van der Waals surface area contributed by atoms with Crippen molar-refractivity contribution < 1.29 is 9.90 Å². The van der Waals surface area contributed by atoms with E-state index >= 15 is 0 Å². The first-order valence-corrected chi connectivity index (χ1v) is 5.98. The summed E-state index contributed by atoms with van der Waals surface area (Å²) in [5, 5.41) is 8.81. The third-order valence-electron chi connectivity index (χ3n) is 2.56. The highest BCUT2D eigenvalue weighted by Gasteiger charge is 2.30. The van der Waals surface area contributed by atoms with E-state index in [4.69, 9.17) is 5.11 Å². The summed E-state index contributed by atoms with van der Waals surface area (Å²) in [5.74, 6) is -0.727. The average Bonchev–Trinajstić information content (AvgIpc) is 2.90. The van der Waals surface area contributed by atoms with Crippen LogP contribution in [-0.2, 0) is 11.3 Å². The van der Waals surface area contributed by atoms with Gasteiger partial charge in [0.2, 0.25) is 0 Å². The molecule has 1 N–H and O–H groups in total. The normalized spacial score (nSPS) is 15.9. The Morgan fingerprint density at radius 3 is 2.80 bits per heavy atom. The molecule has 1 heterocycles. The maximum atomic E-state index is 10.7. The zero-order valence-electron chi connectivity index (χ0n) is 8.77. The number of rotatable bonds is 5. The fourth-order valence-corrected chi connectivity index (χ4v) is 2.61. The van der Waals surface area contributed by atoms with E-state index in [9.17, 15) is 4.79 Å². The predicted octanol–water partition coefficient (Wildman–Crippen LogP) is 2.11. The summed E-state index contributed by atoms with van der Waals surface area (Å²) in [4.78, 5) is 15.3. The molecule has 0 bridgehead atoms. The van der Waals surface area contributed by atoms with E-state index in [1.54, 1.807) is 11.3 Å². The number of hydrogen-bond acceptors (Lipinski definition) is 3. The molecule has 0 aromatic carbocycles. The van der Waals surface area contributed by atoms with Gasteiger partial charge in [-0.3, -0.25) is 9.69 Å². The van der Waals surface area contributed by atoms with Gasteiger partial charge in [-0.15, -0.1) is 11.3 Å². The van der Waals surface area contributed by atoms with Gasteiger partial charge in [-0.05, 0) is 31.9 Å². The van der Waals surface area contributed by atoms with Crippen LogP contribution < -0.4 is 0 Å². The second-order valence-electron chi connectivity index (χ2n) is 4.04. The van der Waals surface area contributed by atoms with Crippen molar-refractivity contribution in [2.24, 2.45) is 0 Å². The first kappa shape index (κ1) is 10.6. The van der Waals surface area contributed by atoms with Gasteiger partial charge in [0.15, 0.2) is 0 Å². The molecular weight excluding hydrogens is 210 g/mol. The van der Waals surface area contributed by atoms with Crippen LogP contribution in [0, 0.1) is 6.92 Å². The van der Waals surface area contributed by atoms with Crippen molar-refractivity contribution in [3.05, 3.63) is 21.9 Å². The summed E-state index contributed by atoms with van der Waals surface area (Å²) < 4.78 is 0. The summed E-state index contributed by atoms with van der Waals surface area (Å²) in [6.45, 7) is 3.03. The lowest BCUT2D eigenvalue weighted by Gasteiger charge is -2.18. The highest BCUT2D eigenvalue weighted by atomic mass is 32.1. The molecule has 0 saturated heterocycles. The van der Waals surface area contributed by atoms with Crippen LogP contribution in [0.3, 0.4) is 0 Å². The minimum absolute atomic E-state index is 0.168. The fourth-order valence-electron chi connectivity index (χ4n) is 1.70. The van der Waals surface area contributed by atoms with Crippen LogP contribution in [0.2, 0.25) is 0 Å². The Morgan fingerprint density at radius 1 is 1.60 bits per heavy atom. The Morgan fingerprint density at radius 2 is 2.33 bits per heavy atom. The highest BCUT2D eigenvalue weighted by Crippen LogP contribution is 2.29. The maximum absolute atomic E-state index is 10.7. The smallest absolute Gasteiger partial charge is 0.317 e. The van der Waals surface area contributed by atoms with E-state index in [0.29, 0.717) is 6.04 Å². The molecule has 0 amide bonds. The molecule has 82 valence electrons. The van der Waals surface area contributed by atoms with Gasteiger partial charge in [0, 0.05) is 22.3 Å². The van der Waals surface area contributed by atoms with Crippen molar-refractivity contribution >= 4 is 17.3 Å². The van der Waals surface area contributed by atoms with Gasteiger partial charge in [-0.25, -0.2) is 0 Å². The quantitative estimate of drug-likeness (QED) is 0.834. The number of aliphatic carboxylic acids is 1. The van der Waals surface area contributed by atoms with Crippen LogP contribution in [-0.4, -0.2) is 28.6 Å². The molecule has 0 radical (unpaired) electrons. The van der Waals surface area contributed by atoms with Crippen molar-refractivity contribution in [1.29, 1.82) is 0 Å². The Balaban J connectivity index is 1.96. The van der Waals surface area contributed by atoms with Gasteiger partial charge < -0.3 is 5.11 Å². The molecule has 1 fully saturated rings. The van der Waals surface area contributed by atoms with Crippen LogP contribution in [0.5, 0.6) is 0 Å². The second-order valence-corrected chi connectivity index (χ2v) is 5.41. The Hall–Kier alpha value is -0.870. The SMILES string of the molecule is Cc1ccc(CN(CC(=O)O)C2CC2)s1. The predicted molar refractivity (Wildman–Crippen MR) is 60.1 cm³/mol. The molecule has 0 aliphatic heterocycles. The fraction of sp³-hybridized carbons (Fsp3) is 0.545. The zero-order valence-corrected chi connectivity index (χ0v) is 9.59. The van der Waals surface area contributed by atoms with Crippen LogP contribution >= 0.6 is 11.3 Å². The van der Waals surface area contributed by atoms with Crippen LogP contribution in [0.15, 0.2) is 12.1 Å².